The summed E-state index contributed by atoms with van der Waals surface area (Å²) in [4.78, 5) is 8.25. The largest absolute Gasteiger partial charge is 0.350 e. The van der Waals surface area contributed by atoms with Gasteiger partial charge in [0.2, 0.25) is 5.95 Å². The molecule has 15 heavy (non-hydrogen) atoms. The van der Waals surface area contributed by atoms with Crippen LogP contribution in [0.3, 0.4) is 0 Å². The van der Waals surface area contributed by atoms with Crippen molar-refractivity contribution in [3.05, 3.63) is 17.4 Å². The van der Waals surface area contributed by atoms with E-state index >= 15 is 0 Å². The lowest BCUT2D eigenvalue weighted by Crippen LogP contribution is -2.46. The van der Waals surface area contributed by atoms with Crippen LogP contribution >= 0.6 is 11.6 Å². The molecule has 0 amide bonds. The summed E-state index contributed by atoms with van der Waals surface area (Å²) in [5.41, 5.74) is 0. The van der Waals surface area contributed by atoms with Gasteiger partial charge in [-0.1, -0.05) is 11.6 Å². The van der Waals surface area contributed by atoms with Crippen LogP contribution in [0.2, 0.25) is 5.02 Å². The predicted molar refractivity (Wildman–Crippen MR) is 61.2 cm³/mol. The summed E-state index contributed by atoms with van der Waals surface area (Å²) in [6.45, 7) is 3.27. The summed E-state index contributed by atoms with van der Waals surface area (Å²) in [7, 11) is 0. The second-order valence-corrected chi connectivity index (χ2v) is 4.30. The van der Waals surface area contributed by atoms with Gasteiger partial charge in [0, 0.05) is 12.1 Å². The molecule has 2 atom stereocenters. The van der Waals surface area contributed by atoms with Crippen molar-refractivity contribution in [2.75, 3.05) is 11.9 Å². The monoisotopic (exact) mass is 226 g/mol. The minimum Gasteiger partial charge on any atom is -0.350 e. The molecule has 2 heterocycles. The molecule has 0 radical (unpaired) electrons. The van der Waals surface area contributed by atoms with Gasteiger partial charge >= 0.3 is 0 Å². The number of hydrogen-bond acceptors (Lipinski definition) is 4. The fourth-order valence-electron chi connectivity index (χ4n) is 1.79. The van der Waals surface area contributed by atoms with E-state index < -0.39 is 0 Å². The van der Waals surface area contributed by atoms with E-state index in [1.54, 1.807) is 12.4 Å². The third kappa shape index (κ3) is 2.79. The lowest BCUT2D eigenvalue weighted by molar-refractivity contribution is 0.388. The normalized spacial score (nSPS) is 26.3. The van der Waals surface area contributed by atoms with E-state index in [9.17, 15) is 0 Å². The van der Waals surface area contributed by atoms with E-state index in [0.29, 0.717) is 23.1 Å². The first kappa shape index (κ1) is 10.6. The molecule has 1 aromatic heterocycles. The van der Waals surface area contributed by atoms with Crippen LogP contribution in [0.4, 0.5) is 5.95 Å². The van der Waals surface area contributed by atoms with Gasteiger partial charge in [-0.15, -0.1) is 0 Å². The number of anilines is 1. The number of rotatable bonds is 2. The van der Waals surface area contributed by atoms with Crippen molar-refractivity contribution in [1.29, 1.82) is 0 Å². The van der Waals surface area contributed by atoms with Gasteiger partial charge in [0.05, 0.1) is 17.4 Å². The number of halogens is 1. The van der Waals surface area contributed by atoms with Gasteiger partial charge in [0.1, 0.15) is 0 Å². The molecule has 1 aliphatic heterocycles. The smallest absolute Gasteiger partial charge is 0.222 e. The van der Waals surface area contributed by atoms with E-state index in [2.05, 4.69) is 27.5 Å². The van der Waals surface area contributed by atoms with Crippen LogP contribution in [-0.2, 0) is 0 Å². The highest BCUT2D eigenvalue weighted by Crippen LogP contribution is 2.13. The Kier molecular flexibility index (Phi) is 3.38. The van der Waals surface area contributed by atoms with Crippen LogP contribution in [0.5, 0.6) is 0 Å². The molecule has 1 saturated heterocycles. The second-order valence-electron chi connectivity index (χ2n) is 3.86. The zero-order valence-corrected chi connectivity index (χ0v) is 9.46. The third-order valence-electron chi connectivity index (χ3n) is 2.70. The maximum absolute atomic E-state index is 5.72. The number of piperidine rings is 1. The highest BCUT2D eigenvalue weighted by atomic mass is 35.5. The van der Waals surface area contributed by atoms with Gasteiger partial charge in [-0.05, 0) is 26.3 Å². The van der Waals surface area contributed by atoms with Crippen molar-refractivity contribution in [3.63, 3.8) is 0 Å². The molecule has 4 nitrogen and oxygen atoms in total. The number of nitrogens with zero attached hydrogens (tertiary/aromatic N) is 2. The minimum atomic E-state index is 0.403. The summed E-state index contributed by atoms with van der Waals surface area (Å²) in [6, 6.07) is 0.859. The molecule has 1 aliphatic rings. The maximum Gasteiger partial charge on any atom is 0.222 e. The fraction of sp³-hybridized carbons (Fsp3) is 0.600. The van der Waals surface area contributed by atoms with E-state index in [-0.39, 0.29) is 0 Å². The molecular weight excluding hydrogens is 212 g/mol. The van der Waals surface area contributed by atoms with Gasteiger partial charge in [-0.25, -0.2) is 9.97 Å². The first-order valence-electron chi connectivity index (χ1n) is 5.23. The van der Waals surface area contributed by atoms with Gasteiger partial charge < -0.3 is 10.6 Å². The molecule has 0 aliphatic carbocycles. The zero-order chi connectivity index (χ0) is 10.7. The van der Waals surface area contributed by atoms with Crippen LogP contribution < -0.4 is 10.6 Å². The first-order valence-corrected chi connectivity index (χ1v) is 5.61. The molecule has 5 heteroatoms. The Morgan fingerprint density at radius 2 is 2.20 bits per heavy atom. The third-order valence-corrected chi connectivity index (χ3v) is 2.89. The van der Waals surface area contributed by atoms with Crippen LogP contribution in [0.1, 0.15) is 19.8 Å². The number of nitrogens with one attached hydrogen (secondary N) is 2. The molecule has 1 aromatic rings. The Balaban J connectivity index is 1.98. The van der Waals surface area contributed by atoms with E-state index in [0.717, 1.165) is 13.0 Å². The van der Waals surface area contributed by atoms with E-state index in [1.807, 2.05) is 0 Å². The fourth-order valence-corrected chi connectivity index (χ4v) is 1.89. The Morgan fingerprint density at radius 3 is 2.87 bits per heavy atom. The molecule has 0 unspecified atom stereocenters. The lowest BCUT2D eigenvalue weighted by Gasteiger charge is -2.30. The molecule has 0 bridgehead atoms. The van der Waals surface area contributed by atoms with Crippen LogP contribution in [0.25, 0.3) is 0 Å². The van der Waals surface area contributed by atoms with Crippen molar-refractivity contribution in [1.82, 2.24) is 15.3 Å². The molecule has 0 spiro atoms. The number of aromatic nitrogens is 2. The van der Waals surface area contributed by atoms with Crippen LogP contribution in [0, 0.1) is 0 Å². The molecule has 2 N–H and O–H groups in total. The van der Waals surface area contributed by atoms with Crippen molar-refractivity contribution in [2.45, 2.75) is 31.8 Å². The Labute approximate surface area is 94.5 Å². The van der Waals surface area contributed by atoms with Crippen molar-refractivity contribution >= 4 is 17.5 Å². The molecule has 0 aromatic carbocycles. The Hall–Kier alpha value is -0.870. The highest BCUT2D eigenvalue weighted by molar-refractivity contribution is 6.30. The van der Waals surface area contributed by atoms with E-state index in [4.69, 9.17) is 11.6 Å². The van der Waals surface area contributed by atoms with Gasteiger partial charge in [0.15, 0.2) is 0 Å². The summed E-state index contributed by atoms with van der Waals surface area (Å²) in [6.07, 6.45) is 5.56. The summed E-state index contributed by atoms with van der Waals surface area (Å²) in [5, 5.41) is 7.30. The SMILES string of the molecule is C[C@@H]1NCCC[C@H]1Nc1ncc(Cl)cn1. The maximum atomic E-state index is 5.72. The molecule has 2 rings (SSSR count). The van der Waals surface area contributed by atoms with Crippen molar-refractivity contribution in [3.8, 4) is 0 Å². The second kappa shape index (κ2) is 4.77. The topological polar surface area (TPSA) is 49.8 Å². The summed E-state index contributed by atoms with van der Waals surface area (Å²) < 4.78 is 0. The summed E-state index contributed by atoms with van der Waals surface area (Å²) >= 11 is 5.72. The molecule has 1 fully saturated rings. The Bertz CT molecular complexity index is 314. The zero-order valence-electron chi connectivity index (χ0n) is 8.70. The van der Waals surface area contributed by atoms with Gasteiger partial charge in [0.25, 0.3) is 0 Å². The lowest BCUT2D eigenvalue weighted by atomic mass is 10.0. The van der Waals surface area contributed by atoms with Crippen LogP contribution in [-0.4, -0.2) is 28.6 Å². The van der Waals surface area contributed by atoms with Crippen LogP contribution in [0.15, 0.2) is 12.4 Å². The van der Waals surface area contributed by atoms with Gasteiger partial charge in [-0.3, -0.25) is 0 Å². The summed E-state index contributed by atoms with van der Waals surface area (Å²) in [5.74, 6) is 0.653. The quantitative estimate of drug-likeness (QED) is 0.806. The molecular formula is C10H15ClN4. The van der Waals surface area contributed by atoms with Gasteiger partial charge in [-0.2, -0.15) is 0 Å². The first-order chi connectivity index (χ1) is 7.25. The van der Waals surface area contributed by atoms with Crippen molar-refractivity contribution in [2.24, 2.45) is 0 Å². The Morgan fingerprint density at radius 1 is 1.47 bits per heavy atom. The number of hydrogen-bond donors (Lipinski definition) is 2. The average molecular weight is 227 g/mol. The highest BCUT2D eigenvalue weighted by Gasteiger charge is 2.20. The standard InChI is InChI=1S/C10H15ClN4/c1-7-9(3-2-4-12-7)15-10-13-5-8(11)6-14-10/h5-7,9,12H,2-4H2,1H3,(H,13,14,15)/t7-,9+/m0/s1. The predicted octanol–water partition coefficient (Wildman–Crippen LogP) is 1.68. The molecule has 82 valence electrons. The average Bonchev–Trinajstić information content (AvgIpc) is 2.25. The molecule has 0 saturated carbocycles. The van der Waals surface area contributed by atoms with Crippen molar-refractivity contribution < 1.29 is 0 Å². The minimum absolute atomic E-state index is 0.403. The van der Waals surface area contributed by atoms with E-state index in [1.165, 1.54) is 6.42 Å².